The van der Waals surface area contributed by atoms with Gasteiger partial charge in [-0.1, -0.05) is 29.8 Å². The van der Waals surface area contributed by atoms with Gasteiger partial charge in [0.25, 0.3) is 6.47 Å². The highest BCUT2D eigenvalue weighted by Gasteiger charge is 2.51. The van der Waals surface area contributed by atoms with Crippen molar-refractivity contribution in [3.8, 4) is 0 Å². The molecule has 8 nitrogen and oxygen atoms in total. The number of benzene rings is 1. The Morgan fingerprint density at radius 1 is 1.19 bits per heavy atom. The van der Waals surface area contributed by atoms with Crippen LogP contribution in [0, 0.1) is 5.41 Å². The molecule has 1 spiro atoms. The van der Waals surface area contributed by atoms with Crippen LogP contribution in [0.15, 0.2) is 24.3 Å². The lowest BCUT2D eigenvalue weighted by atomic mass is 9.76. The van der Waals surface area contributed by atoms with E-state index in [-0.39, 0.29) is 30.6 Å². The Morgan fingerprint density at radius 2 is 1.81 bits per heavy atom. The molecule has 1 aromatic rings. The van der Waals surface area contributed by atoms with Crippen molar-refractivity contribution in [2.45, 2.75) is 50.7 Å². The predicted molar refractivity (Wildman–Crippen MR) is 118 cm³/mol. The fourth-order valence-corrected chi connectivity index (χ4v) is 5.04. The molecule has 0 bridgehead atoms. The fourth-order valence-electron chi connectivity index (χ4n) is 4.84. The maximum atomic E-state index is 12.7. The van der Waals surface area contributed by atoms with Gasteiger partial charge in [0, 0.05) is 44.2 Å². The zero-order valence-electron chi connectivity index (χ0n) is 18.1. The Labute approximate surface area is 193 Å². The molecule has 32 heavy (non-hydrogen) atoms. The summed E-state index contributed by atoms with van der Waals surface area (Å²) in [5, 5.41) is 17.2. The normalized spacial score (nSPS) is 23.4. The summed E-state index contributed by atoms with van der Waals surface area (Å²) in [6, 6.07) is 7.42. The van der Waals surface area contributed by atoms with Crippen molar-refractivity contribution in [2.75, 3.05) is 32.7 Å². The highest BCUT2D eigenvalue weighted by atomic mass is 35.5. The average molecular weight is 467 g/mol. The van der Waals surface area contributed by atoms with Gasteiger partial charge in [-0.2, -0.15) is 0 Å². The van der Waals surface area contributed by atoms with E-state index >= 15 is 0 Å². The van der Waals surface area contributed by atoms with Gasteiger partial charge in [0.1, 0.15) is 6.10 Å². The Hall–Kier alpha value is -2.16. The van der Waals surface area contributed by atoms with Crippen molar-refractivity contribution in [1.29, 1.82) is 0 Å². The first kappa shape index (κ1) is 24.5. The van der Waals surface area contributed by atoms with Crippen LogP contribution in [0.1, 0.15) is 37.7 Å². The molecule has 1 unspecified atom stereocenters. The van der Waals surface area contributed by atoms with Crippen LogP contribution in [-0.4, -0.2) is 83.3 Å². The zero-order chi connectivity index (χ0) is 23.1. The Balaban J connectivity index is 0.000000913. The summed E-state index contributed by atoms with van der Waals surface area (Å²) < 4.78 is 5.73. The van der Waals surface area contributed by atoms with Gasteiger partial charge in [-0.3, -0.25) is 19.3 Å². The maximum absolute atomic E-state index is 12.7. The van der Waals surface area contributed by atoms with Crippen molar-refractivity contribution < 1.29 is 29.3 Å². The van der Waals surface area contributed by atoms with Crippen molar-refractivity contribution in [3.63, 3.8) is 0 Å². The molecule has 0 radical (unpaired) electrons. The monoisotopic (exact) mass is 466 g/mol. The minimum Gasteiger partial charge on any atom is -0.483 e. The van der Waals surface area contributed by atoms with E-state index in [2.05, 4.69) is 4.90 Å². The van der Waals surface area contributed by atoms with Gasteiger partial charge in [-0.15, -0.1) is 0 Å². The van der Waals surface area contributed by atoms with E-state index in [1.165, 1.54) is 0 Å². The third-order valence-corrected chi connectivity index (χ3v) is 7.09. The standard InChI is InChI=1S/C22H29ClN2O4.CH2O2/c23-19-4-2-1-3-16(19)13-20(27)25-11-7-22(8-12-25)14-18(29-21(22)28)15-24-9-5-17(26)6-10-24;2-1-3/h1-4,17-18,26H,5-15H2;1H,(H,2,3). The van der Waals surface area contributed by atoms with E-state index in [0.717, 1.165) is 44.5 Å². The van der Waals surface area contributed by atoms with E-state index in [9.17, 15) is 14.7 Å². The van der Waals surface area contributed by atoms with E-state index < -0.39 is 5.41 Å². The van der Waals surface area contributed by atoms with Gasteiger partial charge >= 0.3 is 5.97 Å². The van der Waals surface area contributed by atoms with Crippen molar-refractivity contribution in [1.82, 2.24) is 9.80 Å². The molecule has 1 amide bonds. The molecule has 176 valence electrons. The SMILES string of the molecule is O=C(Cc1ccccc1Cl)N1CCC2(CC1)CC(CN1CCC(O)CC1)OC2=O.O=CO. The second-order valence-corrected chi connectivity index (χ2v) is 9.21. The van der Waals surface area contributed by atoms with Crippen LogP contribution in [0.2, 0.25) is 5.02 Å². The number of carbonyl (C=O) groups excluding carboxylic acids is 2. The molecule has 3 aliphatic heterocycles. The lowest BCUT2D eigenvalue weighted by Gasteiger charge is -2.37. The number of hydrogen-bond donors (Lipinski definition) is 2. The fraction of sp³-hybridized carbons (Fsp3) is 0.609. The van der Waals surface area contributed by atoms with E-state index in [1.54, 1.807) is 6.07 Å². The smallest absolute Gasteiger partial charge is 0.312 e. The summed E-state index contributed by atoms with van der Waals surface area (Å²) in [4.78, 5) is 37.8. The van der Waals surface area contributed by atoms with Crippen LogP contribution in [0.5, 0.6) is 0 Å². The highest BCUT2D eigenvalue weighted by Crippen LogP contribution is 2.43. The summed E-state index contributed by atoms with van der Waals surface area (Å²) in [5.41, 5.74) is 0.396. The molecule has 0 saturated carbocycles. The molecule has 1 atom stereocenters. The number of halogens is 1. The number of esters is 1. The molecule has 9 heteroatoms. The van der Waals surface area contributed by atoms with E-state index in [0.29, 0.717) is 37.4 Å². The number of amides is 1. The molecule has 3 heterocycles. The minimum atomic E-state index is -0.443. The summed E-state index contributed by atoms with van der Waals surface area (Å²) in [7, 11) is 0. The molecule has 0 aromatic heterocycles. The van der Waals surface area contributed by atoms with E-state index in [4.69, 9.17) is 26.2 Å². The van der Waals surface area contributed by atoms with Crippen LogP contribution >= 0.6 is 11.6 Å². The topological polar surface area (TPSA) is 107 Å². The summed E-state index contributed by atoms with van der Waals surface area (Å²) >= 11 is 6.18. The third kappa shape index (κ3) is 5.99. The van der Waals surface area contributed by atoms with E-state index in [1.807, 2.05) is 23.1 Å². The maximum Gasteiger partial charge on any atom is 0.312 e. The second-order valence-electron chi connectivity index (χ2n) is 8.80. The lowest BCUT2D eigenvalue weighted by Crippen LogP contribution is -2.45. The molecule has 4 rings (SSSR count). The van der Waals surface area contributed by atoms with Crippen molar-refractivity contribution in [2.24, 2.45) is 5.41 Å². The predicted octanol–water partition coefficient (Wildman–Crippen LogP) is 1.96. The number of piperidine rings is 2. The summed E-state index contributed by atoms with van der Waals surface area (Å²) in [5.74, 6) is -0.0412. The lowest BCUT2D eigenvalue weighted by molar-refractivity contribution is -0.153. The largest absolute Gasteiger partial charge is 0.483 e. The zero-order valence-corrected chi connectivity index (χ0v) is 18.9. The molecule has 2 N–H and O–H groups in total. The second kappa shape index (κ2) is 11.1. The van der Waals surface area contributed by atoms with Gasteiger partial charge in [-0.05, 0) is 37.3 Å². The molecule has 3 saturated heterocycles. The number of nitrogens with zero attached hydrogens (tertiary/aromatic N) is 2. The van der Waals surface area contributed by atoms with Crippen LogP contribution in [0.4, 0.5) is 0 Å². The Bertz CT molecular complexity index is 803. The number of carbonyl (C=O) groups is 3. The first-order valence-corrected chi connectivity index (χ1v) is 11.4. The quantitative estimate of drug-likeness (QED) is 0.516. The Kier molecular flexibility index (Phi) is 8.51. The first-order chi connectivity index (χ1) is 15.4. The van der Waals surface area contributed by atoms with Crippen LogP contribution in [0.3, 0.4) is 0 Å². The molecular weight excluding hydrogens is 436 g/mol. The number of likely N-dealkylation sites (tertiary alicyclic amines) is 2. The van der Waals surface area contributed by atoms with Crippen molar-refractivity contribution >= 4 is 29.9 Å². The van der Waals surface area contributed by atoms with Gasteiger partial charge in [-0.25, -0.2) is 0 Å². The number of hydrogen-bond acceptors (Lipinski definition) is 6. The number of cyclic esters (lactones) is 1. The van der Waals surface area contributed by atoms with Gasteiger partial charge in [0.2, 0.25) is 5.91 Å². The summed E-state index contributed by atoms with van der Waals surface area (Å²) in [6.07, 6.45) is 3.64. The number of carboxylic acid groups (broad SMARTS) is 1. The molecule has 0 aliphatic carbocycles. The molecule has 3 fully saturated rings. The third-order valence-electron chi connectivity index (χ3n) is 6.72. The highest BCUT2D eigenvalue weighted by molar-refractivity contribution is 6.31. The number of rotatable bonds is 4. The molecular formula is C23H31ClN2O6. The minimum absolute atomic E-state index is 0.0581. The number of ether oxygens (including phenoxy) is 1. The van der Waals surface area contributed by atoms with Gasteiger partial charge in [0.15, 0.2) is 0 Å². The van der Waals surface area contributed by atoms with Gasteiger partial charge in [0.05, 0.1) is 17.9 Å². The van der Waals surface area contributed by atoms with Crippen molar-refractivity contribution in [3.05, 3.63) is 34.9 Å². The Morgan fingerprint density at radius 3 is 2.44 bits per heavy atom. The number of aliphatic hydroxyl groups is 1. The molecule has 3 aliphatic rings. The number of aliphatic hydroxyl groups excluding tert-OH is 1. The van der Waals surface area contributed by atoms with Gasteiger partial charge < -0.3 is 19.8 Å². The first-order valence-electron chi connectivity index (χ1n) is 11.1. The average Bonchev–Trinajstić information content (AvgIpc) is 3.06. The summed E-state index contributed by atoms with van der Waals surface area (Å²) in [6.45, 7) is 3.37. The van der Waals surface area contributed by atoms with Crippen LogP contribution in [-0.2, 0) is 25.5 Å². The molecule has 1 aromatic carbocycles. The van der Waals surface area contributed by atoms with Crippen LogP contribution < -0.4 is 0 Å². The van der Waals surface area contributed by atoms with Crippen LogP contribution in [0.25, 0.3) is 0 Å².